The molecule has 2 aromatic rings. The lowest BCUT2D eigenvalue weighted by Gasteiger charge is -2.12. The molecule has 1 atom stereocenters. The number of nitrogens with zero attached hydrogens (tertiary/aromatic N) is 4. The van der Waals surface area contributed by atoms with Gasteiger partial charge in [0.25, 0.3) is 0 Å². The minimum atomic E-state index is -0.436. The summed E-state index contributed by atoms with van der Waals surface area (Å²) < 4.78 is 3.55. The van der Waals surface area contributed by atoms with Crippen molar-refractivity contribution in [1.29, 1.82) is 0 Å². The lowest BCUT2D eigenvalue weighted by Crippen LogP contribution is -2.24. The predicted molar refractivity (Wildman–Crippen MR) is 58.3 cm³/mol. The second-order valence-electron chi connectivity index (χ2n) is 3.60. The molecule has 2 aromatic heterocycles. The number of rotatable bonds is 3. The Morgan fingerprint density at radius 2 is 1.94 bits per heavy atom. The van der Waals surface area contributed by atoms with Gasteiger partial charge in [0.05, 0.1) is 0 Å². The van der Waals surface area contributed by atoms with Crippen molar-refractivity contribution >= 4 is 5.91 Å². The molecule has 1 amide bonds. The van der Waals surface area contributed by atoms with E-state index in [1.54, 1.807) is 30.1 Å². The molecule has 0 aliphatic rings. The zero-order chi connectivity index (χ0) is 11.7. The molecule has 0 unspecified atom stereocenters. The highest BCUT2D eigenvalue weighted by atomic mass is 16.1. The number of primary amides is 1. The van der Waals surface area contributed by atoms with Crippen LogP contribution < -0.4 is 5.73 Å². The molecule has 0 fully saturated rings. The first kappa shape index (κ1) is 10.4. The van der Waals surface area contributed by atoms with Crippen LogP contribution in [0.15, 0.2) is 24.8 Å². The van der Waals surface area contributed by atoms with E-state index in [0.717, 1.165) is 0 Å². The Hall–Kier alpha value is -2.11. The van der Waals surface area contributed by atoms with E-state index in [1.807, 2.05) is 17.8 Å². The highest BCUT2D eigenvalue weighted by Gasteiger charge is 2.17. The average molecular weight is 219 g/mol. The van der Waals surface area contributed by atoms with Gasteiger partial charge in [-0.15, -0.1) is 0 Å². The largest absolute Gasteiger partial charge is 0.368 e. The van der Waals surface area contributed by atoms with Crippen molar-refractivity contribution in [1.82, 2.24) is 19.1 Å². The topological polar surface area (TPSA) is 78.7 Å². The Bertz CT molecular complexity index is 513. The number of hydrogen-bond donors (Lipinski definition) is 1. The first-order chi connectivity index (χ1) is 7.61. The molecule has 2 N–H and O–H groups in total. The monoisotopic (exact) mass is 219 g/mol. The van der Waals surface area contributed by atoms with E-state index in [1.165, 1.54) is 0 Å². The fraction of sp³-hybridized carbons (Fsp3) is 0.300. The van der Waals surface area contributed by atoms with Crippen molar-refractivity contribution in [3.63, 3.8) is 0 Å². The van der Waals surface area contributed by atoms with Crippen LogP contribution in [-0.2, 0) is 11.8 Å². The van der Waals surface area contributed by atoms with E-state index in [0.29, 0.717) is 11.6 Å². The fourth-order valence-corrected chi connectivity index (χ4v) is 1.52. The van der Waals surface area contributed by atoms with E-state index in [4.69, 9.17) is 5.73 Å². The van der Waals surface area contributed by atoms with Crippen LogP contribution in [0.5, 0.6) is 0 Å². The van der Waals surface area contributed by atoms with Gasteiger partial charge in [0.1, 0.15) is 6.04 Å². The molecule has 2 rings (SSSR count). The summed E-state index contributed by atoms with van der Waals surface area (Å²) in [7, 11) is 1.87. The maximum Gasteiger partial charge on any atom is 0.240 e. The maximum absolute atomic E-state index is 11.2. The van der Waals surface area contributed by atoms with E-state index in [9.17, 15) is 4.79 Å². The molecule has 6 heteroatoms. The van der Waals surface area contributed by atoms with Gasteiger partial charge in [0.15, 0.2) is 11.6 Å². The smallest absolute Gasteiger partial charge is 0.240 e. The minimum absolute atomic E-state index is 0.395. The highest BCUT2D eigenvalue weighted by molar-refractivity contribution is 5.78. The first-order valence-corrected chi connectivity index (χ1v) is 4.91. The van der Waals surface area contributed by atoms with Crippen molar-refractivity contribution in [3.05, 3.63) is 24.8 Å². The summed E-state index contributed by atoms with van der Waals surface area (Å²) in [5.74, 6) is 0.949. The molecule has 2 heterocycles. The van der Waals surface area contributed by atoms with Crippen molar-refractivity contribution in [2.75, 3.05) is 0 Å². The van der Waals surface area contributed by atoms with Crippen molar-refractivity contribution in [2.45, 2.75) is 13.0 Å². The summed E-state index contributed by atoms with van der Waals surface area (Å²) in [6.45, 7) is 1.73. The van der Waals surface area contributed by atoms with Gasteiger partial charge in [-0.1, -0.05) is 0 Å². The van der Waals surface area contributed by atoms with Crippen LogP contribution in [0, 0.1) is 0 Å². The van der Waals surface area contributed by atoms with Crippen molar-refractivity contribution in [2.24, 2.45) is 12.8 Å². The van der Waals surface area contributed by atoms with Crippen LogP contribution in [0.4, 0.5) is 0 Å². The lowest BCUT2D eigenvalue weighted by molar-refractivity contribution is -0.120. The number of hydrogen-bond acceptors (Lipinski definition) is 3. The maximum atomic E-state index is 11.2. The Kier molecular flexibility index (Phi) is 2.47. The lowest BCUT2D eigenvalue weighted by atomic mass is 10.3. The van der Waals surface area contributed by atoms with E-state index in [2.05, 4.69) is 9.97 Å². The second-order valence-corrected chi connectivity index (χ2v) is 3.60. The second kappa shape index (κ2) is 3.80. The molecule has 0 radical (unpaired) electrons. The van der Waals surface area contributed by atoms with Gasteiger partial charge in [-0.3, -0.25) is 4.79 Å². The van der Waals surface area contributed by atoms with Gasteiger partial charge in [0, 0.05) is 31.8 Å². The summed E-state index contributed by atoms with van der Waals surface area (Å²) in [6.07, 6.45) is 6.86. The summed E-state index contributed by atoms with van der Waals surface area (Å²) >= 11 is 0. The van der Waals surface area contributed by atoms with Crippen molar-refractivity contribution < 1.29 is 4.79 Å². The van der Waals surface area contributed by atoms with Crippen molar-refractivity contribution in [3.8, 4) is 11.6 Å². The molecular weight excluding hydrogens is 206 g/mol. The number of amides is 1. The zero-order valence-electron chi connectivity index (χ0n) is 9.16. The van der Waals surface area contributed by atoms with Crippen LogP contribution >= 0.6 is 0 Å². The number of carbonyl (C=O) groups excluding carboxylic acids is 1. The molecule has 0 aliphatic carbocycles. The first-order valence-electron chi connectivity index (χ1n) is 4.91. The zero-order valence-corrected chi connectivity index (χ0v) is 9.16. The predicted octanol–water partition coefficient (Wildman–Crippen LogP) is 0.330. The van der Waals surface area contributed by atoms with Gasteiger partial charge in [0.2, 0.25) is 5.91 Å². The number of aryl methyl sites for hydroxylation is 1. The summed E-state index contributed by atoms with van der Waals surface area (Å²) in [6, 6.07) is -0.436. The van der Waals surface area contributed by atoms with Crippen LogP contribution in [0.2, 0.25) is 0 Å². The van der Waals surface area contributed by atoms with E-state index >= 15 is 0 Å². The van der Waals surface area contributed by atoms with Gasteiger partial charge in [-0.25, -0.2) is 9.97 Å². The number of imidazole rings is 2. The molecule has 6 nitrogen and oxygen atoms in total. The Balaban J connectivity index is 2.48. The molecule has 0 saturated heterocycles. The van der Waals surface area contributed by atoms with Crippen LogP contribution in [-0.4, -0.2) is 25.0 Å². The minimum Gasteiger partial charge on any atom is -0.368 e. The van der Waals surface area contributed by atoms with Gasteiger partial charge < -0.3 is 14.9 Å². The van der Waals surface area contributed by atoms with E-state index < -0.39 is 11.9 Å². The quantitative estimate of drug-likeness (QED) is 0.807. The van der Waals surface area contributed by atoms with E-state index in [-0.39, 0.29) is 0 Å². The molecule has 0 bridgehead atoms. The SMILES string of the molecule is C[C@@H](C(N)=O)n1ccnc1-c1nccn1C. The summed E-state index contributed by atoms with van der Waals surface area (Å²) in [5.41, 5.74) is 5.27. The molecule has 0 spiro atoms. The molecular formula is C10H13N5O. The third-order valence-corrected chi connectivity index (χ3v) is 2.52. The third-order valence-electron chi connectivity index (χ3n) is 2.52. The number of carbonyl (C=O) groups is 1. The Labute approximate surface area is 92.7 Å². The van der Waals surface area contributed by atoms with Crippen LogP contribution in [0.25, 0.3) is 11.6 Å². The highest BCUT2D eigenvalue weighted by Crippen LogP contribution is 2.18. The number of aromatic nitrogens is 4. The van der Waals surface area contributed by atoms with Gasteiger partial charge in [-0.05, 0) is 6.92 Å². The summed E-state index contributed by atoms with van der Waals surface area (Å²) in [5, 5.41) is 0. The molecule has 84 valence electrons. The average Bonchev–Trinajstić information content (AvgIpc) is 2.84. The standard InChI is InChI=1S/C10H13N5O/c1-7(8(11)16)15-6-4-13-10(15)9-12-3-5-14(9)2/h3-7H,1-2H3,(H2,11,16)/t7-/m0/s1. The third kappa shape index (κ3) is 1.58. The van der Waals surface area contributed by atoms with Gasteiger partial charge >= 0.3 is 0 Å². The fourth-order valence-electron chi connectivity index (χ4n) is 1.52. The molecule has 16 heavy (non-hydrogen) atoms. The van der Waals surface area contributed by atoms with Gasteiger partial charge in [-0.2, -0.15) is 0 Å². The Morgan fingerprint density at radius 1 is 1.31 bits per heavy atom. The normalized spacial score (nSPS) is 12.6. The molecule has 0 aliphatic heterocycles. The summed E-state index contributed by atoms with van der Waals surface area (Å²) in [4.78, 5) is 19.5. The molecule has 0 saturated carbocycles. The number of nitrogens with two attached hydrogens (primary N) is 1. The Morgan fingerprint density at radius 3 is 2.50 bits per heavy atom. The van der Waals surface area contributed by atoms with Crippen LogP contribution in [0.3, 0.4) is 0 Å². The van der Waals surface area contributed by atoms with Crippen LogP contribution in [0.1, 0.15) is 13.0 Å². The molecule has 0 aromatic carbocycles.